The zero-order chi connectivity index (χ0) is 22.8. The van der Waals surface area contributed by atoms with Gasteiger partial charge in [0.1, 0.15) is 11.6 Å². The van der Waals surface area contributed by atoms with Gasteiger partial charge in [-0.05, 0) is 30.3 Å². The van der Waals surface area contributed by atoms with Crippen molar-refractivity contribution in [3.05, 3.63) is 94.5 Å². The second-order valence-electron chi connectivity index (χ2n) is 7.59. The summed E-state index contributed by atoms with van der Waals surface area (Å²) in [6.07, 6.45) is 0.668. The van der Waals surface area contributed by atoms with Crippen molar-refractivity contribution in [2.45, 2.75) is 17.6 Å². The maximum Gasteiger partial charge on any atom is 0.266 e. The highest BCUT2D eigenvalue weighted by Gasteiger charge is 2.23. The van der Waals surface area contributed by atoms with Crippen LogP contribution in [0.1, 0.15) is 18.0 Å². The molecule has 1 aliphatic heterocycles. The Bertz CT molecular complexity index is 1410. The third-order valence-corrected chi connectivity index (χ3v) is 6.40. The second-order valence-corrected chi connectivity index (χ2v) is 8.53. The van der Waals surface area contributed by atoms with Gasteiger partial charge in [-0.3, -0.25) is 14.2 Å². The lowest BCUT2D eigenvalue weighted by atomic mass is 10.0. The van der Waals surface area contributed by atoms with Gasteiger partial charge in [0.15, 0.2) is 5.16 Å². The molecule has 1 aromatic heterocycles. The lowest BCUT2D eigenvalue weighted by molar-refractivity contribution is -0.119. The molecule has 1 unspecified atom stereocenters. The van der Waals surface area contributed by atoms with Gasteiger partial charge in [-0.1, -0.05) is 54.2 Å². The van der Waals surface area contributed by atoms with Crippen LogP contribution in [0.4, 0.5) is 4.39 Å². The van der Waals surface area contributed by atoms with E-state index in [4.69, 9.17) is 4.74 Å². The van der Waals surface area contributed by atoms with Crippen molar-refractivity contribution in [1.82, 2.24) is 14.9 Å². The molecular weight excluding hydrogens is 441 g/mol. The summed E-state index contributed by atoms with van der Waals surface area (Å²) < 4.78 is 21.5. The number of rotatable bonds is 5. The van der Waals surface area contributed by atoms with Crippen molar-refractivity contribution in [3.63, 3.8) is 0 Å². The lowest BCUT2D eigenvalue weighted by Crippen LogP contribution is -2.33. The average Bonchev–Trinajstić information content (AvgIpc) is 2.84. The smallest absolute Gasteiger partial charge is 0.266 e. The molecule has 1 amide bonds. The van der Waals surface area contributed by atoms with Gasteiger partial charge in [0.25, 0.3) is 5.56 Å². The van der Waals surface area contributed by atoms with E-state index in [2.05, 4.69) is 10.3 Å². The van der Waals surface area contributed by atoms with Gasteiger partial charge in [0.05, 0.1) is 35.0 Å². The number of ether oxygens (including phenoxy) is 1. The van der Waals surface area contributed by atoms with E-state index in [1.54, 1.807) is 36.4 Å². The molecule has 2 heterocycles. The predicted octanol–water partition coefficient (Wildman–Crippen LogP) is 4.26. The van der Waals surface area contributed by atoms with Crippen molar-refractivity contribution < 1.29 is 13.9 Å². The Balaban J connectivity index is 1.43. The van der Waals surface area contributed by atoms with Crippen molar-refractivity contribution in [3.8, 4) is 11.4 Å². The van der Waals surface area contributed by atoms with Gasteiger partial charge >= 0.3 is 0 Å². The van der Waals surface area contributed by atoms with E-state index in [1.807, 2.05) is 24.3 Å². The third-order valence-electron chi connectivity index (χ3n) is 5.46. The first-order chi connectivity index (χ1) is 16.1. The lowest BCUT2D eigenvalue weighted by Gasteiger charge is -2.26. The highest BCUT2D eigenvalue weighted by Crippen LogP contribution is 2.31. The summed E-state index contributed by atoms with van der Waals surface area (Å²) in [5.41, 5.74) is 1.15. The third kappa shape index (κ3) is 4.21. The summed E-state index contributed by atoms with van der Waals surface area (Å²) in [6.45, 7) is 0.522. The summed E-state index contributed by atoms with van der Waals surface area (Å²) in [4.78, 5) is 30.6. The Labute approximate surface area is 193 Å². The summed E-state index contributed by atoms with van der Waals surface area (Å²) in [6, 6.07) is 20.4. The fraction of sp³-hybridized carbons (Fsp3) is 0.160. The van der Waals surface area contributed by atoms with Crippen LogP contribution < -0.4 is 15.6 Å². The molecule has 3 aromatic carbocycles. The Morgan fingerprint density at radius 2 is 1.85 bits per heavy atom. The number of aromatic nitrogens is 2. The van der Waals surface area contributed by atoms with Crippen LogP contribution in [0.15, 0.2) is 82.7 Å². The summed E-state index contributed by atoms with van der Waals surface area (Å²) in [7, 11) is 0. The van der Waals surface area contributed by atoms with Gasteiger partial charge in [-0.25, -0.2) is 9.37 Å². The first kappa shape index (κ1) is 21.2. The number of amides is 1. The molecular formula is C25H20FN3O3S. The highest BCUT2D eigenvalue weighted by atomic mass is 32.2. The molecule has 166 valence electrons. The van der Waals surface area contributed by atoms with Crippen LogP contribution in [-0.2, 0) is 4.79 Å². The molecule has 33 heavy (non-hydrogen) atoms. The summed E-state index contributed by atoms with van der Waals surface area (Å²) in [5.74, 6) is 0.0518. The molecule has 4 aromatic rings. The number of halogens is 1. The van der Waals surface area contributed by atoms with E-state index in [0.29, 0.717) is 23.9 Å². The Morgan fingerprint density at radius 1 is 1.09 bits per heavy atom. The molecule has 5 rings (SSSR count). The van der Waals surface area contributed by atoms with Crippen molar-refractivity contribution in [1.29, 1.82) is 0 Å². The van der Waals surface area contributed by atoms with Gasteiger partial charge in [0.2, 0.25) is 5.91 Å². The minimum Gasteiger partial charge on any atom is -0.493 e. The van der Waals surface area contributed by atoms with Crippen LogP contribution in [0.2, 0.25) is 0 Å². The van der Waals surface area contributed by atoms with Crippen LogP contribution in [0.5, 0.6) is 5.75 Å². The number of hydrogen-bond donors (Lipinski definition) is 1. The van der Waals surface area contributed by atoms with E-state index < -0.39 is 5.82 Å². The molecule has 0 saturated heterocycles. The zero-order valence-corrected chi connectivity index (χ0v) is 18.3. The topological polar surface area (TPSA) is 73.2 Å². The molecule has 1 N–H and O–H groups in total. The van der Waals surface area contributed by atoms with Crippen molar-refractivity contribution in [2.75, 3.05) is 12.4 Å². The zero-order valence-electron chi connectivity index (χ0n) is 17.5. The molecule has 0 aliphatic carbocycles. The standard InChI is InChI=1S/C25H20FN3O3S/c26-18-9-3-5-11-21(18)29-24(31)17-8-1-4-10-19(17)28-25(29)33-15-23(30)27-20-13-14-32-22-12-6-2-7-16(20)22/h1-12,20H,13-15H2,(H,27,30). The molecule has 1 atom stereocenters. The number of carbonyl (C=O) groups excluding carboxylic acids is 1. The fourth-order valence-corrected chi connectivity index (χ4v) is 4.73. The van der Waals surface area contributed by atoms with Gasteiger partial charge in [-0.15, -0.1) is 0 Å². The van der Waals surface area contributed by atoms with Crippen LogP contribution in [0.3, 0.4) is 0 Å². The predicted molar refractivity (Wildman–Crippen MR) is 125 cm³/mol. The van der Waals surface area contributed by atoms with Crippen LogP contribution >= 0.6 is 11.8 Å². The Morgan fingerprint density at radius 3 is 2.73 bits per heavy atom. The first-order valence-electron chi connectivity index (χ1n) is 10.5. The number of nitrogens with zero attached hydrogens (tertiary/aromatic N) is 2. The molecule has 0 radical (unpaired) electrons. The monoisotopic (exact) mass is 461 g/mol. The fourth-order valence-electron chi connectivity index (χ4n) is 3.91. The number of carbonyl (C=O) groups is 1. The normalized spacial score (nSPS) is 15.0. The highest BCUT2D eigenvalue weighted by molar-refractivity contribution is 7.99. The SMILES string of the molecule is O=C(CSc1nc2ccccc2c(=O)n1-c1ccccc1F)NC1CCOc2ccccc21. The average molecular weight is 462 g/mol. The Hall–Kier alpha value is -3.65. The van der Waals surface area contributed by atoms with E-state index in [0.717, 1.165) is 23.1 Å². The van der Waals surface area contributed by atoms with Crippen LogP contribution in [0.25, 0.3) is 16.6 Å². The Kier molecular flexibility index (Phi) is 5.83. The van der Waals surface area contributed by atoms with Crippen LogP contribution in [0, 0.1) is 5.82 Å². The number of para-hydroxylation sites is 3. The number of nitrogens with one attached hydrogen (secondary N) is 1. The molecule has 1 aliphatic rings. The van der Waals surface area contributed by atoms with Gasteiger partial charge < -0.3 is 10.1 Å². The number of thioether (sulfide) groups is 1. The van der Waals surface area contributed by atoms with Crippen molar-refractivity contribution >= 4 is 28.6 Å². The minimum absolute atomic E-state index is 0.0265. The summed E-state index contributed by atoms with van der Waals surface area (Å²) >= 11 is 1.10. The van der Waals surface area contributed by atoms with Crippen molar-refractivity contribution in [2.24, 2.45) is 0 Å². The van der Waals surface area contributed by atoms with E-state index >= 15 is 0 Å². The van der Waals surface area contributed by atoms with E-state index in [9.17, 15) is 14.0 Å². The molecule has 6 nitrogen and oxygen atoms in total. The molecule has 0 bridgehead atoms. The van der Waals surface area contributed by atoms with E-state index in [1.165, 1.54) is 16.7 Å². The van der Waals surface area contributed by atoms with Gasteiger partial charge in [0, 0.05) is 12.0 Å². The maximum absolute atomic E-state index is 14.6. The maximum atomic E-state index is 14.6. The second kappa shape index (κ2) is 9.07. The summed E-state index contributed by atoms with van der Waals surface area (Å²) in [5, 5.41) is 3.68. The number of fused-ring (bicyclic) bond motifs is 2. The first-order valence-corrected chi connectivity index (χ1v) is 11.5. The molecule has 0 saturated carbocycles. The molecule has 0 spiro atoms. The van der Waals surface area contributed by atoms with E-state index in [-0.39, 0.29) is 34.1 Å². The quantitative estimate of drug-likeness (QED) is 0.355. The van der Waals surface area contributed by atoms with Gasteiger partial charge in [-0.2, -0.15) is 0 Å². The minimum atomic E-state index is -0.540. The molecule has 8 heteroatoms. The number of hydrogen-bond acceptors (Lipinski definition) is 5. The largest absolute Gasteiger partial charge is 0.493 e. The molecule has 0 fully saturated rings. The number of benzene rings is 3. The van der Waals surface area contributed by atoms with Crippen LogP contribution in [-0.4, -0.2) is 27.8 Å².